The maximum atomic E-state index is 6.17. The first-order chi connectivity index (χ1) is 9.25. The molecular formula is C15H18N4. The normalized spacial score (nSPS) is 18.7. The second kappa shape index (κ2) is 5.05. The Hall–Kier alpha value is -1.81. The van der Waals surface area contributed by atoms with E-state index < -0.39 is 0 Å². The minimum absolute atomic E-state index is 0.0848. The molecule has 0 aliphatic heterocycles. The molecule has 2 heterocycles. The molecule has 0 aromatic carbocycles. The van der Waals surface area contributed by atoms with Gasteiger partial charge in [-0.05, 0) is 37.8 Å². The highest BCUT2D eigenvalue weighted by molar-refractivity contribution is 5.58. The van der Waals surface area contributed by atoms with E-state index in [0.717, 1.165) is 47.5 Å². The number of aromatic nitrogens is 3. The molecule has 0 bridgehead atoms. The molecule has 2 aromatic heterocycles. The molecule has 2 aromatic rings. The van der Waals surface area contributed by atoms with Crippen molar-refractivity contribution in [3.8, 4) is 11.4 Å². The number of nitrogens with two attached hydrogens (primary N) is 1. The minimum Gasteiger partial charge on any atom is -0.324 e. The van der Waals surface area contributed by atoms with Crippen molar-refractivity contribution in [3.05, 3.63) is 41.5 Å². The average molecular weight is 254 g/mol. The van der Waals surface area contributed by atoms with Gasteiger partial charge in [-0.3, -0.25) is 4.98 Å². The fraction of sp³-hybridized carbons (Fsp3) is 0.400. The van der Waals surface area contributed by atoms with E-state index >= 15 is 0 Å². The zero-order valence-corrected chi connectivity index (χ0v) is 11.1. The molecule has 1 aliphatic carbocycles. The van der Waals surface area contributed by atoms with Crippen molar-refractivity contribution in [1.29, 1.82) is 0 Å². The summed E-state index contributed by atoms with van der Waals surface area (Å²) in [7, 11) is 0. The molecule has 0 saturated carbocycles. The predicted octanol–water partition coefficient (Wildman–Crippen LogP) is 2.57. The molecule has 1 atom stereocenters. The molecular weight excluding hydrogens is 236 g/mol. The summed E-state index contributed by atoms with van der Waals surface area (Å²) >= 11 is 0. The third kappa shape index (κ3) is 2.36. The summed E-state index contributed by atoms with van der Waals surface area (Å²) in [6, 6.07) is 2.07. The molecule has 98 valence electrons. The molecule has 1 aliphatic rings. The van der Waals surface area contributed by atoms with Gasteiger partial charge in [0.2, 0.25) is 0 Å². The Morgan fingerprint density at radius 2 is 2.16 bits per heavy atom. The van der Waals surface area contributed by atoms with Gasteiger partial charge in [-0.2, -0.15) is 0 Å². The summed E-state index contributed by atoms with van der Waals surface area (Å²) in [6.07, 6.45) is 9.87. The van der Waals surface area contributed by atoms with Crippen LogP contribution in [-0.4, -0.2) is 15.0 Å². The monoisotopic (exact) mass is 254 g/mol. The van der Waals surface area contributed by atoms with Crippen molar-refractivity contribution in [2.45, 2.75) is 38.6 Å². The number of fused-ring (bicyclic) bond motifs is 1. The highest BCUT2D eigenvalue weighted by atomic mass is 14.9. The quantitative estimate of drug-likeness (QED) is 0.794. The summed E-state index contributed by atoms with van der Waals surface area (Å²) in [5, 5.41) is 0. The molecule has 19 heavy (non-hydrogen) atoms. The fourth-order valence-electron chi connectivity index (χ4n) is 2.58. The molecule has 4 nitrogen and oxygen atoms in total. The molecule has 2 N–H and O–H groups in total. The van der Waals surface area contributed by atoms with Gasteiger partial charge in [0.1, 0.15) is 0 Å². The molecule has 0 saturated heterocycles. The van der Waals surface area contributed by atoms with Crippen molar-refractivity contribution in [2.24, 2.45) is 5.73 Å². The second-order valence-electron chi connectivity index (χ2n) is 5.14. The zero-order valence-electron chi connectivity index (χ0n) is 11.1. The predicted molar refractivity (Wildman–Crippen MR) is 74.5 cm³/mol. The lowest BCUT2D eigenvalue weighted by Crippen LogP contribution is -2.12. The van der Waals surface area contributed by atoms with Crippen LogP contribution in [0.2, 0.25) is 0 Å². The van der Waals surface area contributed by atoms with Gasteiger partial charge in [0.05, 0.1) is 0 Å². The van der Waals surface area contributed by atoms with E-state index in [0.29, 0.717) is 0 Å². The molecule has 0 fully saturated rings. The lowest BCUT2D eigenvalue weighted by atomic mass is 10.1. The van der Waals surface area contributed by atoms with Gasteiger partial charge in [0, 0.05) is 41.5 Å². The molecule has 3 rings (SSSR count). The van der Waals surface area contributed by atoms with Crippen LogP contribution in [0.25, 0.3) is 11.4 Å². The van der Waals surface area contributed by atoms with E-state index in [4.69, 9.17) is 10.7 Å². The number of nitrogens with zero attached hydrogens (tertiary/aromatic N) is 3. The number of hydrogen-bond donors (Lipinski definition) is 1. The summed E-state index contributed by atoms with van der Waals surface area (Å²) in [5.74, 6) is 0.762. The highest BCUT2D eigenvalue weighted by Gasteiger charge is 2.18. The van der Waals surface area contributed by atoms with Crippen LogP contribution < -0.4 is 5.73 Å². The Kier molecular flexibility index (Phi) is 3.25. The molecule has 4 heteroatoms. The maximum Gasteiger partial charge on any atom is 0.161 e. The van der Waals surface area contributed by atoms with Crippen molar-refractivity contribution >= 4 is 0 Å². The third-order valence-electron chi connectivity index (χ3n) is 3.76. The maximum absolute atomic E-state index is 6.17. The van der Waals surface area contributed by atoms with E-state index in [1.54, 1.807) is 6.20 Å². The van der Waals surface area contributed by atoms with Crippen LogP contribution in [0.15, 0.2) is 24.7 Å². The number of rotatable bonds is 1. The van der Waals surface area contributed by atoms with Gasteiger partial charge in [0.25, 0.3) is 0 Å². The first-order valence-electron chi connectivity index (χ1n) is 6.78. The Balaban J connectivity index is 2.06. The van der Waals surface area contributed by atoms with Crippen molar-refractivity contribution < 1.29 is 0 Å². The standard InChI is InChI=1S/C15H18N4/c1-10-6-7-17-8-11(10)15-18-9-12-13(16)4-2-3-5-14(12)19-15/h6-9,13H,2-5,16H2,1H3. The van der Waals surface area contributed by atoms with Crippen LogP contribution in [0.3, 0.4) is 0 Å². The van der Waals surface area contributed by atoms with Crippen LogP contribution in [0, 0.1) is 6.92 Å². The lowest BCUT2D eigenvalue weighted by Gasteiger charge is -2.12. The largest absolute Gasteiger partial charge is 0.324 e. The van der Waals surface area contributed by atoms with Crippen molar-refractivity contribution in [3.63, 3.8) is 0 Å². The fourth-order valence-corrected chi connectivity index (χ4v) is 2.58. The lowest BCUT2D eigenvalue weighted by molar-refractivity contribution is 0.614. The van der Waals surface area contributed by atoms with Gasteiger partial charge < -0.3 is 5.73 Å². The third-order valence-corrected chi connectivity index (χ3v) is 3.76. The van der Waals surface area contributed by atoms with Crippen LogP contribution in [-0.2, 0) is 6.42 Å². The molecule has 0 amide bonds. The zero-order chi connectivity index (χ0) is 13.2. The minimum atomic E-state index is 0.0848. The molecule has 1 unspecified atom stereocenters. The Morgan fingerprint density at radius 3 is 3.00 bits per heavy atom. The van der Waals surface area contributed by atoms with Crippen LogP contribution in [0.1, 0.15) is 42.1 Å². The summed E-state index contributed by atoms with van der Waals surface area (Å²) in [4.78, 5) is 13.4. The number of hydrogen-bond acceptors (Lipinski definition) is 4. The molecule has 0 spiro atoms. The van der Waals surface area contributed by atoms with E-state index in [2.05, 4.69) is 16.9 Å². The number of aryl methyl sites for hydroxylation is 2. The van der Waals surface area contributed by atoms with Crippen molar-refractivity contribution in [2.75, 3.05) is 0 Å². The summed E-state index contributed by atoms with van der Waals surface area (Å²) in [6.45, 7) is 2.05. The van der Waals surface area contributed by atoms with Crippen LogP contribution in [0.5, 0.6) is 0 Å². The second-order valence-corrected chi connectivity index (χ2v) is 5.14. The highest BCUT2D eigenvalue weighted by Crippen LogP contribution is 2.27. The van der Waals surface area contributed by atoms with Crippen molar-refractivity contribution in [1.82, 2.24) is 15.0 Å². The van der Waals surface area contributed by atoms with Crippen LogP contribution in [0.4, 0.5) is 0 Å². The Morgan fingerprint density at radius 1 is 1.26 bits per heavy atom. The van der Waals surface area contributed by atoms with Gasteiger partial charge in [0.15, 0.2) is 5.82 Å². The van der Waals surface area contributed by atoms with E-state index in [-0.39, 0.29) is 6.04 Å². The topological polar surface area (TPSA) is 64.7 Å². The average Bonchev–Trinajstić information content (AvgIpc) is 2.61. The summed E-state index contributed by atoms with van der Waals surface area (Å²) < 4.78 is 0. The van der Waals surface area contributed by atoms with Gasteiger partial charge in [-0.25, -0.2) is 9.97 Å². The van der Waals surface area contributed by atoms with E-state index in [1.165, 1.54) is 6.42 Å². The Bertz CT molecular complexity index is 594. The molecule has 0 radical (unpaired) electrons. The van der Waals surface area contributed by atoms with Gasteiger partial charge >= 0.3 is 0 Å². The summed E-state index contributed by atoms with van der Waals surface area (Å²) in [5.41, 5.74) is 10.5. The first kappa shape index (κ1) is 12.2. The number of pyridine rings is 1. The smallest absolute Gasteiger partial charge is 0.161 e. The van der Waals surface area contributed by atoms with E-state index in [1.807, 2.05) is 18.5 Å². The van der Waals surface area contributed by atoms with E-state index in [9.17, 15) is 0 Å². The van der Waals surface area contributed by atoms with Gasteiger partial charge in [-0.1, -0.05) is 6.42 Å². The first-order valence-corrected chi connectivity index (χ1v) is 6.78. The van der Waals surface area contributed by atoms with Crippen LogP contribution >= 0.6 is 0 Å². The Labute approximate surface area is 113 Å². The van der Waals surface area contributed by atoms with Gasteiger partial charge in [-0.15, -0.1) is 0 Å². The SMILES string of the molecule is Cc1ccncc1-c1ncc2c(n1)CCCCC2N.